The second-order valence-electron chi connectivity index (χ2n) is 5.54. The molecule has 1 aromatic carbocycles. The smallest absolute Gasteiger partial charge is 0.357 e. The molecule has 2 rings (SSSR count). The van der Waals surface area contributed by atoms with Crippen molar-refractivity contribution in [1.82, 2.24) is 9.88 Å². The van der Waals surface area contributed by atoms with Crippen molar-refractivity contribution in [3.63, 3.8) is 0 Å². The van der Waals surface area contributed by atoms with E-state index in [-0.39, 0.29) is 11.7 Å². The summed E-state index contributed by atoms with van der Waals surface area (Å²) >= 11 is 1.35. The van der Waals surface area contributed by atoms with Crippen LogP contribution >= 0.6 is 11.3 Å². The average molecular weight is 361 g/mol. The molecule has 0 aliphatic carbocycles. The van der Waals surface area contributed by atoms with E-state index in [1.54, 1.807) is 10.3 Å². The molecule has 0 atom stereocenters. The number of ether oxygens (including phenoxy) is 1. The lowest BCUT2D eigenvalue weighted by molar-refractivity contribution is 0.0594. The molecule has 0 aliphatic heterocycles. The first-order valence-corrected chi connectivity index (χ1v) is 9.15. The lowest BCUT2D eigenvalue weighted by Crippen LogP contribution is -2.35. The van der Waals surface area contributed by atoms with Crippen LogP contribution in [-0.4, -0.2) is 35.5 Å². The van der Waals surface area contributed by atoms with Crippen LogP contribution in [0.15, 0.2) is 35.7 Å². The molecule has 7 heteroatoms. The number of aromatic nitrogens is 1. The van der Waals surface area contributed by atoms with Gasteiger partial charge >= 0.3 is 12.0 Å². The van der Waals surface area contributed by atoms with Gasteiger partial charge in [0, 0.05) is 17.6 Å². The van der Waals surface area contributed by atoms with Crippen molar-refractivity contribution in [2.45, 2.75) is 32.7 Å². The van der Waals surface area contributed by atoms with Crippen molar-refractivity contribution in [3.05, 3.63) is 46.4 Å². The lowest BCUT2D eigenvalue weighted by atomic mass is 10.2. The van der Waals surface area contributed by atoms with Gasteiger partial charge in [-0.2, -0.15) is 0 Å². The van der Waals surface area contributed by atoms with Crippen molar-refractivity contribution in [2.75, 3.05) is 19.0 Å². The van der Waals surface area contributed by atoms with Crippen LogP contribution in [0.1, 0.15) is 41.7 Å². The first-order chi connectivity index (χ1) is 12.1. The van der Waals surface area contributed by atoms with Crippen LogP contribution in [0.3, 0.4) is 0 Å². The van der Waals surface area contributed by atoms with Crippen molar-refractivity contribution < 1.29 is 14.3 Å². The van der Waals surface area contributed by atoms with Crippen molar-refractivity contribution in [2.24, 2.45) is 0 Å². The molecule has 134 valence electrons. The van der Waals surface area contributed by atoms with Gasteiger partial charge in [0.05, 0.1) is 13.7 Å². The van der Waals surface area contributed by atoms with E-state index in [1.165, 1.54) is 18.4 Å². The number of para-hydroxylation sites is 1. The highest BCUT2D eigenvalue weighted by Gasteiger charge is 2.17. The monoisotopic (exact) mass is 361 g/mol. The largest absolute Gasteiger partial charge is 0.464 e. The Balaban J connectivity index is 2.05. The summed E-state index contributed by atoms with van der Waals surface area (Å²) in [5, 5.41) is 5.26. The summed E-state index contributed by atoms with van der Waals surface area (Å²) in [5.41, 5.74) is 1.03. The summed E-state index contributed by atoms with van der Waals surface area (Å²) in [6.45, 7) is 3.13. The number of urea groups is 1. The summed E-state index contributed by atoms with van der Waals surface area (Å²) < 4.78 is 4.67. The van der Waals surface area contributed by atoms with Gasteiger partial charge in [0.1, 0.15) is 5.01 Å². The number of carbonyl (C=O) groups is 2. The Hall–Kier alpha value is -2.41. The van der Waals surface area contributed by atoms with Gasteiger partial charge in [-0.25, -0.2) is 14.6 Å². The molecule has 6 nitrogen and oxygen atoms in total. The van der Waals surface area contributed by atoms with E-state index in [0.29, 0.717) is 18.1 Å². The molecule has 1 aromatic heterocycles. The van der Waals surface area contributed by atoms with Crippen molar-refractivity contribution >= 4 is 29.0 Å². The van der Waals surface area contributed by atoms with Gasteiger partial charge < -0.3 is 15.0 Å². The third-order valence-corrected chi connectivity index (χ3v) is 4.45. The van der Waals surface area contributed by atoms with Crippen LogP contribution in [0, 0.1) is 0 Å². The second kappa shape index (κ2) is 9.78. The predicted octanol–water partition coefficient (Wildman–Crippen LogP) is 4.15. The molecule has 0 saturated heterocycles. The molecule has 0 aliphatic rings. The standard InChI is InChI=1S/C18H23N3O3S/c1-3-4-8-11-21(18(23)19-14-9-6-5-7-10-14)12-16-20-15(13-25-16)17(22)24-2/h5-7,9-10,13H,3-4,8,11-12H2,1-2H3,(H,19,23). The third-order valence-electron chi connectivity index (χ3n) is 3.62. The van der Waals surface area contributed by atoms with Crippen LogP contribution in [0.25, 0.3) is 0 Å². The molecular formula is C18H23N3O3S. The average Bonchev–Trinajstić information content (AvgIpc) is 3.10. The number of hydrogen-bond donors (Lipinski definition) is 1. The Bertz CT molecular complexity index is 688. The summed E-state index contributed by atoms with van der Waals surface area (Å²) in [6.07, 6.45) is 3.06. The number of methoxy groups -OCH3 is 1. The molecule has 0 radical (unpaired) electrons. The highest BCUT2D eigenvalue weighted by molar-refractivity contribution is 7.09. The lowest BCUT2D eigenvalue weighted by Gasteiger charge is -2.22. The number of carbonyl (C=O) groups excluding carboxylic acids is 2. The molecule has 0 saturated carbocycles. The zero-order valence-electron chi connectivity index (χ0n) is 14.5. The van der Waals surface area contributed by atoms with Gasteiger partial charge in [0.15, 0.2) is 5.69 Å². The predicted molar refractivity (Wildman–Crippen MR) is 98.8 cm³/mol. The van der Waals surface area contributed by atoms with E-state index in [2.05, 4.69) is 22.0 Å². The fourth-order valence-corrected chi connectivity index (χ4v) is 3.05. The minimum atomic E-state index is -0.464. The number of hydrogen-bond acceptors (Lipinski definition) is 5. The third kappa shape index (κ3) is 5.86. The van der Waals surface area contributed by atoms with E-state index in [1.807, 2.05) is 30.3 Å². The van der Waals surface area contributed by atoms with E-state index < -0.39 is 5.97 Å². The fourth-order valence-electron chi connectivity index (χ4n) is 2.27. The van der Waals surface area contributed by atoms with Gasteiger partial charge in [0.25, 0.3) is 0 Å². The molecule has 0 unspecified atom stereocenters. The van der Waals surface area contributed by atoms with Crippen molar-refractivity contribution in [3.8, 4) is 0 Å². The topological polar surface area (TPSA) is 71.5 Å². The number of esters is 1. The number of nitrogens with one attached hydrogen (secondary N) is 1. The molecule has 0 bridgehead atoms. The highest BCUT2D eigenvalue weighted by atomic mass is 32.1. The molecule has 25 heavy (non-hydrogen) atoms. The normalized spacial score (nSPS) is 10.3. The zero-order chi connectivity index (χ0) is 18.1. The first-order valence-electron chi connectivity index (χ1n) is 8.27. The van der Waals surface area contributed by atoms with Crippen LogP contribution in [0.5, 0.6) is 0 Å². The quantitative estimate of drug-likeness (QED) is 0.566. The number of anilines is 1. The number of unbranched alkanes of at least 4 members (excludes halogenated alkanes) is 2. The fraction of sp³-hybridized carbons (Fsp3) is 0.389. The summed E-state index contributed by atoms with van der Waals surface area (Å²) in [6, 6.07) is 9.18. The maximum Gasteiger partial charge on any atom is 0.357 e. The number of benzene rings is 1. The number of thiazole rings is 1. The Morgan fingerprint density at radius 2 is 2.00 bits per heavy atom. The molecular weight excluding hydrogens is 338 g/mol. The maximum atomic E-state index is 12.6. The van der Waals surface area contributed by atoms with Crippen LogP contribution in [0.4, 0.5) is 10.5 Å². The molecule has 0 spiro atoms. The van der Waals surface area contributed by atoms with Crippen LogP contribution in [-0.2, 0) is 11.3 Å². The van der Waals surface area contributed by atoms with Crippen molar-refractivity contribution in [1.29, 1.82) is 0 Å². The summed E-state index contributed by atoms with van der Waals surface area (Å²) in [5.74, 6) is -0.464. The Labute approximate surface area is 151 Å². The van der Waals surface area contributed by atoms with E-state index in [9.17, 15) is 9.59 Å². The SMILES string of the molecule is CCCCCN(Cc1nc(C(=O)OC)cs1)C(=O)Nc1ccccc1. The van der Waals surface area contributed by atoms with E-state index in [0.717, 1.165) is 24.9 Å². The summed E-state index contributed by atoms with van der Waals surface area (Å²) in [7, 11) is 1.33. The molecule has 1 heterocycles. The number of rotatable bonds is 8. The van der Waals surface area contributed by atoms with E-state index in [4.69, 9.17) is 0 Å². The minimum absolute atomic E-state index is 0.169. The Kier molecular flexibility index (Phi) is 7.40. The summed E-state index contributed by atoms with van der Waals surface area (Å²) in [4.78, 5) is 30.1. The van der Waals surface area contributed by atoms with Gasteiger partial charge in [-0.1, -0.05) is 38.0 Å². The minimum Gasteiger partial charge on any atom is -0.464 e. The van der Waals surface area contributed by atoms with Crippen LogP contribution in [0.2, 0.25) is 0 Å². The Morgan fingerprint density at radius 1 is 1.24 bits per heavy atom. The number of amides is 2. The van der Waals surface area contributed by atoms with Gasteiger partial charge in [-0.05, 0) is 18.6 Å². The molecule has 2 amide bonds. The van der Waals surface area contributed by atoms with Gasteiger partial charge in [-0.3, -0.25) is 0 Å². The van der Waals surface area contributed by atoms with Gasteiger partial charge in [-0.15, -0.1) is 11.3 Å². The second-order valence-corrected chi connectivity index (χ2v) is 6.49. The molecule has 2 aromatic rings. The highest BCUT2D eigenvalue weighted by Crippen LogP contribution is 2.15. The van der Waals surface area contributed by atoms with Crippen LogP contribution < -0.4 is 5.32 Å². The number of nitrogens with zero attached hydrogens (tertiary/aromatic N) is 2. The first kappa shape index (κ1) is 18.9. The molecule has 1 N–H and O–H groups in total. The van der Waals surface area contributed by atoms with Gasteiger partial charge in [0.2, 0.25) is 0 Å². The molecule has 0 fully saturated rings. The zero-order valence-corrected chi connectivity index (χ0v) is 15.3. The maximum absolute atomic E-state index is 12.6. The van der Waals surface area contributed by atoms with E-state index >= 15 is 0 Å². The Morgan fingerprint density at radius 3 is 2.68 bits per heavy atom.